The fourth-order valence-electron chi connectivity index (χ4n) is 3.03. The summed E-state index contributed by atoms with van der Waals surface area (Å²) in [4.78, 5) is 0. The standard InChI is InChI=1S/C13H25NO3S/c1-12(6-7-12)13(2,15)9-11-5-4-8-14(10-11)18(3,16)17/h11,15H,4-10H2,1-3H3. The topological polar surface area (TPSA) is 57.6 Å². The minimum absolute atomic E-state index is 0.0559. The summed E-state index contributed by atoms with van der Waals surface area (Å²) in [5.41, 5.74) is -0.599. The molecule has 1 heterocycles. The lowest BCUT2D eigenvalue weighted by atomic mass is 9.78. The van der Waals surface area contributed by atoms with Crippen LogP contribution in [0.3, 0.4) is 0 Å². The molecule has 1 aliphatic carbocycles. The summed E-state index contributed by atoms with van der Waals surface area (Å²) >= 11 is 0. The second-order valence-electron chi connectivity index (χ2n) is 6.67. The van der Waals surface area contributed by atoms with Gasteiger partial charge >= 0.3 is 0 Å². The van der Waals surface area contributed by atoms with Crippen LogP contribution in [-0.4, -0.2) is 42.8 Å². The van der Waals surface area contributed by atoms with Gasteiger partial charge in [0.1, 0.15) is 0 Å². The summed E-state index contributed by atoms with van der Waals surface area (Å²) in [6.07, 6.45) is 6.10. The van der Waals surface area contributed by atoms with Crippen molar-refractivity contribution in [2.45, 2.75) is 51.6 Å². The molecule has 2 rings (SSSR count). The van der Waals surface area contributed by atoms with E-state index >= 15 is 0 Å². The minimum Gasteiger partial charge on any atom is -0.390 e. The van der Waals surface area contributed by atoms with Crippen LogP contribution >= 0.6 is 0 Å². The van der Waals surface area contributed by atoms with Crippen LogP contribution in [0.1, 0.15) is 46.0 Å². The Labute approximate surface area is 110 Å². The molecule has 0 aromatic heterocycles. The number of nitrogens with zero attached hydrogens (tertiary/aromatic N) is 1. The first kappa shape index (κ1) is 14.3. The number of sulfonamides is 1. The van der Waals surface area contributed by atoms with Gasteiger partial charge in [-0.2, -0.15) is 0 Å². The van der Waals surface area contributed by atoms with Crippen LogP contribution in [0.5, 0.6) is 0 Å². The quantitative estimate of drug-likeness (QED) is 0.848. The maximum absolute atomic E-state index is 11.6. The van der Waals surface area contributed by atoms with Gasteiger partial charge in [0.15, 0.2) is 0 Å². The van der Waals surface area contributed by atoms with E-state index in [1.54, 1.807) is 4.31 Å². The van der Waals surface area contributed by atoms with Gasteiger partial charge in [-0.15, -0.1) is 0 Å². The van der Waals surface area contributed by atoms with Crippen LogP contribution in [0.4, 0.5) is 0 Å². The van der Waals surface area contributed by atoms with Crippen molar-refractivity contribution in [1.82, 2.24) is 4.31 Å². The zero-order valence-corrected chi connectivity index (χ0v) is 12.5. The molecular weight excluding hydrogens is 250 g/mol. The van der Waals surface area contributed by atoms with E-state index in [-0.39, 0.29) is 5.41 Å². The van der Waals surface area contributed by atoms with Crippen LogP contribution in [-0.2, 0) is 10.0 Å². The fourth-order valence-corrected chi connectivity index (χ4v) is 3.97. The largest absolute Gasteiger partial charge is 0.390 e. The molecule has 0 bridgehead atoms. The summed E-state index contributed by atoms with van der Waals surface area (Å²) in [5.74, 6) is 0.292. The fraction of sp³-hybridized carbons (Fsp3) is 1.00. The van der Waals surface area contributed by atoms with E-state index in [9.17, 15) is 13.5 Å². The van der Waals surface area contributed by atoms with E-state index in [2.05, 4.69) is 6.92 Å². The molecule has 18 heavy (non-hydrogen) atoms. The lowest BCUT2D eigenvalue weighted by Crippen LogP contribution is -2.44. The normalized spacial score (nSPS) is 31.9. The molecule has 4 nitrogen and oxygen atoms in total. The molecule has 0 radical (unpaired) electrons. The molecule has 2 unspecified atom stereocenters. The molecule has 0 amide bonds. The number of aliphatic hydroxyl groups is 1. The zero-order valence-electron chi connectivity index (χ0n) is 11.6. The van der Waals surface area contributed by atoms with Gasteiger partial charge in [0.25, 0.3) is 0 Å². The summed E-state index contributed by atoms with van der Waals surface area (Å²) in [5, 5.41) is 10.6. The molecule has 0 aromatic carbocycles. The maximum Gasteiger partial charge on any atom is 0.211 e. The highest BCUT2D eigenvalue weighted by Crippen LogP contribution is 2.55. The second kappa shape index (κ2) is 4.46. The van der Waals surface area contributed by atoms with Gasteiger partial charge < -0.3 is 5.11 Å². The highest BCUT2D eigenvalue weighted by atomic mass is 32.2. The maximum atomic E-state index is 11.6. The van der Waals surface area contributed by atoms with E-state index < -0.39 is 15.6 Å². The van der Waals surface area contributed by atoms with Gasteiger partial charge in [-0.3, -0.25) is 0 Å². The van der Waals surface area contributed by atoms with Crippen LogP contribution in [0.15, 0.2) is 0 Å². The van der Waals surface area contributed by atoms with Crippen LogP contribution in [0.25, 0.3) is 0 Å². The Kier molecular flexibility index (Phi) is 3.54. The molecular formula is C13H25NO3S. The smallest absolute Gasteiger partial charge is 0.211 e. The highest BCUT2D eigenvalue weighted by molar-refractivity contribution is 7.88. The first-order valence-corrected chi connectivity index (χ1v) is 8.66. The van der Waals surface area contributed by atoms with Crippen molar-refractivity contribution in [2.75, 3.05) is 19.3 Å². The molecule has 2 atom stereocenters. The molecule has 2 fully saturated rings. The lowest BCUT2D eigenvalue weighted by molar-refractivity contribution is -0.0340. The third-order valence-corrected chi connectivity index (χ3v) is 6.21. The first-order chi connectivity index (χ1) is 8.14. The zero-order chi connectivity index (χ0) is 13.6. The Bertz CT molecular complexity index is 412. The molecule has 106 valence electrons. The molecule has 1 N–H and O–H groups in total. The molecule has 2 aliphatic rings. The van der Waals surface area contributed by atoms with Crippen molar-refractivity contribution in [1.29, 1.82) is 0 Å². The second-order valence-corrected chi connectivity index (χ2v) is 8.65. The Morgan fingerprint density at radius 2 is 2.06 bits per heavy atom. The SMILES string of the molecule is CC(O)(CC1CCCN(S(C)(=O)=O)C1)C1(C)CC1. The highest BCUT2D eigenvalue weighted by Gasteiger charge is 2.52. The predicted molar refractivity (Wildman–Crippen MR) is 71.7 cm³/mol. The van der Waals surface area contributed by atoms with Gasteiger partial charge in [-0.1, -0.05) is 6.92 Å². The minimum atomic E-state index is -3.08. The van der Waals surface area contributed by atoms with Gasteiger partial charge in [0.05, 0.1) is 11.9 Å². The van der Waals surface area contributed by atoms with Crippen LogP contribution in [0.2, 0.25) is 0 Å². The Balaban J connectivity index is 1.98. The molecule has 1 saturated heterocycles. The average Bonchev–Trinajstić information content (AvgIpc) is 2.97. The van der Waals surface area contributed by atoms with E-state index in [0.717, 1.165) is 32.1 Å². The average molecular weight is 275 g/mol. The van der Waals surface area contributed by atoms with Gasteiger partial charge in [0, 0.05) is 13.1 Å². The van der Waals surface area contributed by atoms with E-state index in [1.165, 1.54) is 6.26 Å². The third-order valence-electron chi connectivity index (χ3n) is 4.94. The predicted octanol–water partition coefficient (Wildman–Crippen LogP) is 1.60. The van der Waals surface area contributed by atoms with Crippen LogP contribution < -0.4 is 0 Å². The number of hydrogen-bond donors (Lipinski definition) is 1. The molecule has 0 aromatic rings. The van der Waals surface area contributed by atoms with Gasteiger partial charge in [0.2, 0.25) is 10.0 Å². The first-order valence-electron chi connectivity index (χ1n) is 6.82. The number of piperidine rings is 1. The molecule has 1 aliphatic heterocycles. The Morgan fingerprint density at radius 1 is 1.44 bits per heavy atom. The molecule has 0 spiro atoms. The monoisotopic (exact) mass is 275 g/mol. The molecule has 5 heteroatoms. The summed E-state index contributed by atoms with van der Waals surface area (Å²) in [6, 6.07) is 0. The van der Waals surface area contributed by atoms with E-state index in [4.69, 9.17) is 0 Å². The van der Waals surface area contributed by atoms with Crippen molar-refractivity contribution in [3.05, 3.63) is 0 Å². The van der Waals surface area contributed by atoms with Gasteiger partial charge in [-0.25, -0.2) is 12.7 Å². The van der Waals surface area contributed by atoms with Crippen molar-refractivity contribution in [2.24, 2.45) is 11.3 Å². The van der Waals surface area contributed by atoms with Crippen molar-refractivity contribution in [3.63, 3.8) is 0 Å². The summed E-state index contributed by atoms with van der Waals surface area (Å²) < 4.78 is 24.7. The van der Waals surface area contributed by atoms with Crippen molar-refractivity contribution >= 4 is 10.0 Å². The van der Waals surface area contributed by atoms with E-state index in [1.807, 2.05) is 6.92 Å². The van der Waals surface area contributed by atoms with Crippen molar-refractivity contribution < 1.29 is 13.5 Å². The third kappa shape index (κ3) is 2.89. The number of hydrogen-bond acceptors (Lipinski definition) is 3. The summed E-state index contributed by atoms with van der Waals surface area (Å²) in [7, 11) is -3.08. The van der Waals surface area contributed by atoms with Crippen LogP contribution in [0, 0.1) is 11.3 Å². The summed E-state index contributed by atoms with van der Waals surface area (Å²) in [6.45, 7) is 5.25. The Morgan fingerprint density at radius 3 is 2.56 bits per heavy atom. The van der Waals surface area contributed by atoms with E-state index in [0.29, 0.717) is 19.0 Å². The van der Waals surface area contributed by atoms with Crippen molar-refractivity contribution in [3.8, 4) is 0 Å². The van der Waals surface area contributed by atoms with Gasteiger partial charge in [-0.05, 0) is 50.4 Å². The lowest BCUT2D eigenvalue weighted by Gasteiger charge is -2.38. The molecule has 1 saturated carbocycles. The number of rotatable bonds is 4. The Hall–Kier alpha value is -0.130.